The average Bonchev–Trinajstić information content (AvgIpc) is 3.01. The van der Waals surface area contributed by atoms with E-state index in [1.165, 1.54) is 17.7 Å². The van der Waals surface area contributed by atoms with Crippen LogP contribution in [0.1, 0.15) is 17.7 Å². The van der Waals surface area contributed by atoms with Crippen molar-refractivity contribution < 1.29 is 0 Å². The Bertz CT molecular complexity index is 656. The third-order valence-corrected chi connectivity index (χ3v) is 5.19. The van der Waals surface area contributed by atoms with Crippen molar-refractivity contribution in [2.75, 3.05) is 48.9 Å². The molecule has 7 heteroatoms. The highest BCUT2D eigenvalue weighted by Crippen LogP contribution is 2.27. The number of aromatic nitrogens is 3. The number of anilines is 3. The molecule has 0 spiro atoms. The summed E-state index contributed by atoms with van der Waals surface area (Å²) >= 11 is 1.77. The summed E-state index contributed by atoms with van der Waals surface area (Å²) in [5.41, 5.74) is 0. The molecule has 1 atom stereocenters. The fourth-order valence-electron chi connectivity index (χ4n) is 2.87. The van der Waals surface area contributed by atoms with Gasteiger partial charge in [-0.15, -0.1) is 11.3 Å². The number of piperidine rings is 1. The second kappa shape index (κ2) is 6.70. The first-order valence-corrected chi connectivity index (χ1v) is 8.77. The van der Waals surface area contributed by atoms with Crippen LogP contribution in [0.5, 0.6) is 0 Å². The maximum Gasteiger partial charge on any atom is 0.226 e. The summed E-state index contributed by atoms with van der Waals surface area (Å²) < 4.78 is 0. The van der Waals surface area contributed by atoms with Crippen LogP contribution in [0, 0.1) is 6.92 Å². The van der Waals surface area contributed by atoms with E-state index in [-0.39, 0.29) is 0 Å². The molecule has 0 amide bonds. The summed E-state index contributed by atoms with van der Waals surface area (Å²) in [6.45, 7) is 4.19. The van der Waals surface area contributed by atoms with Gasteiger partial charge in [0, 0.05) is 57.5 Å². The van der Waals surface area contributed by atoms with E-state index in [1.54, 1.807) is 11.3 Å². The normalized spacial score (nSPS) is 18.1. The van der Waals surface area contributed by atoms with Gasteiger partial charge in [-0.1, -0.05) is 0 Å². The van der Waals surface area contributed by atoms with Crippen molar-refractivity contribution in [3.63, 3.8) is 0 Å². The fraction of sp³-hybridized carbons (Fsp3) is 0.562. The Labute approximate surface area is 141 Å². The van der Waals surface area contributed by atoms with E-state index in [4.69, 9.17) is 0 Å². The van der Waals surface area contributed by atoms with Crippen molar-refractivity contribution in [3.8, 4) is 0 Å². The van der Waals surface area contributed by atoms with Crippen LogP contribution in [-0.4, -0.2) is 55.2 Å². The van der Waals surface area contributed by atoms with E-state index < -0.39 is 0 Å². The lowest BCUT2D eigenvalue weighted by atomic mass is 10.1. The number of aryl methyl sites for hydroxylation is 1. The van der Waals surface area contributed by atoms with Gasteiger partial charge in [-0.2, -0.15) is 4.98 Å². The van der Waals surface area contributed by atoms with Crippen molar-refractivity contribution in [2.45, 2.75) is 25.8 Å². The molecule has 0 aliphatic carbocycles. The summed E-state index contributed by atoms with van der Waals surface area (Å²) in [6, 6.07) is 2.43. The molecule has 2 aromatic rings. The van der Waals surface area contributed by atoms with Crippen LogP contribution in [0.25, 0.3) is 0 Å². The van der Waals surface area contributed by atoms with Crippen LogP contribution in [0.3, 0.4) is 0 Å². The van der Waals surface area contributed by atoms with Crippen LogP contribution in [0.4, 0.5) is 16.9 Å². The van der Waals surface area contributed by atoms with E-state index in [1.807, 2.05) is 37.5 Å². The molecule has 1 fully saturated rings. The first kappa shape index (κ1) is 16.0. The van der Waals surface area contributed by atoms with Crippen molar-refractivity contribution in [1.82, 2.24) is 15.0 Å². The molecule has 6 nitrogen and oxygen atoms in total. The minimum Gasteiger partial charge on any atom is -0.355 e. The third-order valence-electron chi connectivity index (χ3n) is 4.21. The molecule has 3 heterocycles. The lowest BCUT2D eigenvalue weighted by molar-refractivity contribution is 0.485. The Balaban J connectivity index is 1.74. The predicted molar refractivity (Wildman–Crippen MR) is 96.8 cm³/mol. The molecular weight excluding hydrogens is 308 g/mol. The highest BCUT2D eigenvalue weighted by Gasteiger charge is 2.25. The van der Waals surface area contributed by atoms with Gasteiger partial charge in [-0.05, 0) is 25.8 Å². The van der Waals surface area contributed by atoms with Gasteiger partial charge in [0.15, 0.2) is 5.13 Å². The number of nitrogens with zero attached hydrogens (tertiary/aromatic N) is 6. The van der Waals surface area contributed by atoms with Crippen molar-refractivity contribution in [3.05, 3.63) is 23.3 Å². The van der Waals surface area contributed by atoms with Gasteiger partial charge in [-0.25, -0.2) is 9.97 Å². The van der Waals surface area contributed by atoms with Crippen molar-refractivity contribution in [1.29, 1.82) is 0 Å². The third kappa shape index (κ3) is 3.55. The first-order chi connectivity index (χ1) is 11.0. The fourth-order valence-corrected chi connectivity index (χ4v) is 3.67. The van der Waals surface area contributed by atoms with E-state index in [0.29, 0.717) is 6.04 Å². The van der Waals surface area contributed by atoms with Gasteiger partial charge in [0.1, 0.15) is 5.82 Å². The van der Waals surface area contributed by atoms with Gasteiger partial charge in [0.25, 0.3) is 0 Å². The Kier molecular flexibility index (Phi) is 4.66. The molecule has 0 N–H and O–H groups in total. The van der Waals surface area contributed by atoms with Crippen molar-refractivity contribution in [2.24, 2.45) is 0 Å². The highest BCUT2D eigenvalue weighted by atomic mass is 32.1. The Morgan fingerprint density at radius 1 is 1.26 bits per heavy atom. The van der Waals surface area contributed by atoms with Crippen LogP contribution in [0.2, 0.25) is 0 Å². The monoisotopic (exact) mass is 332 g/mol. The maximum atomic E-state index is 4.66. The molecule has 0 saturated carbocycles. The number of hydrogen-bond donors (Lipinski definition) is 0. The summed E-state index contributed by atoms with van der Waals surface area (Å²) in [5.74, 6) is 1.73. The molecule has 1 unspecified atom stereocenters. The zero-order valence-corrected chi connectivity index (χ0v) is 15.0. The summed E-state index contributed by atoms with van der Waals surface area (Å²) in [7, 11) is 6.06. The van der Waals surface area contributed by atoms with Gasteiger partial charge in [0.05, 0.1) is 0 Å². The molecule has 0 bridgehead atoms. The van der Waals surface area contributed by atoms with E-state index >= 15 is 0 Å². The smallest absolute Gasteiger partial charge is 0.226 e. The number of likely N-dealkylation sites (N-methyl/N-ethyl adjacent to an activating group) is 1. The standard InChI is InChI=1S/C16H24N6S/c1-12-10-18-16(23-12)22-9-5-6-13(11-22)21(4)14-7-8-17-15(19-14)20(2)3/h7-8,10,13H,5-6,9,11H2,1-4H3. The molecule has 1 aliphatic heterocycles. The number of rotatable bonds is 4. The lowest BCUT2D eigenvalue weighted by Crippen LogP contribution is -2.47. The molecule has 1 aliphatic rings. The van der Waals surface area contributed by atoms with E-state index in [2.05, 4.69) is 38.7 Å². The van der Waals surface area contributed by atoms with Crippen LogP contribution < -0.4 is 14.7 Å². The van der Waals surface area contributed by atoms with Gasteiger partial charge in [0.2, 0.25) is 5.95 Å². The average molecular weight is 332 g/mol. The predicted octanol–water partition coefficient (Wildman–Crippen LogP) is 2.41. The van der Waals surface area contributed by atoms with E-state index in [0.717, 1.165) is 30.0 Å². The number of hydrogen-bond acceptors (Lipinski definition) is 7. The van der Waals surface area contributed by atoms with Gasteiger partial charge >= 0.3 is 0 Å². The largest absolute Gasteiger partial charge is 0.355 e. The maximum absolute atomic E-state index is 4.66. The summed E-state index contributed by atoms with van der Waals surface area (Å²) in [5, 5.41) is 1.14. The zero-order valence-electron chi connectivity index (χ0n) is 14.2. The Morgan fingerprint density at radius 2 is 2.09 bits per heavy atom. The van der Waals surface area contributed by atoms with E-state index in [9.17, 15) is 0 Å². The highest BCUT2D eigenvalue weighted by molar-refractivity contribution is 7.15. The SMILES string of the molecule is Cc1cnc(N2CCCC(N(C)c3ccnc(N(C)C)n3)C2)s1. The molecule has 0 aromatic carbocycles. The molecule has 1 saturated heterocycles. The molecule has 3 rings (SSSR count). The molecular formula is C16H24N6S. The second-order valence-corrected chi connectivity index (χ2v) is 7.43. The topological polar surface area (TPSA) is 48.4 Å². The summed E-state index contributed by atoms with van der Waals surface area (Å²) in [6.07, 6.45) is 6.15. The number of thiazole rings is 1. The van der Waals surface area contributed by atoms with Crippen LogP contribution in [0.15, 0.2) is 18.5 Å². The van der Waals surface area contributed by atoms with Gasteiger partial charge in [-0.3, -0.25) is 0 Å². The molecule has 23 heavy (non-hydrogen) atoms. The van der Waals surface area contributed by atoms with Crippen molar-refractivity contribution >= 4 is 28.2 Å². The first-order valence-electron chi connectivity index (χ1n) is 7.95. The quantitative estimate of drug-likeness (QED) is 0.857. The van der Waals surface area contributed by atoms with Gasteiger partial charge < -0.3 is 14.7 Å². The Hall–Kier alpha value is -1.89. The van der Waals surface area contributed by atoms with Crippen LogP contribution in [-0.2, 0) is 0 Å². The second-order valence-electron chi connectivity index (χ2n) is 6.22. The lowest BCUT2D eigenvalue weighted by Gasteiger charge is -2.38. The minimum atomic E-state index is 0.442. The zero-order chi connectivity index (χ0) is 16.4. The molecule has 124 valence electrons. The molecule has 2 aromatic heterocycles. The summed E-state index contributed by atoms with van der Waals surface area (Å²) in [4.78, 5) is 21.4. The van der Waals surface area contributed by atoms with Crippen LogP contribution >= 0.6 is 11.3 Å². The minimum absolute atomic E-state index is 0.442. The molecule has 0 radical (unpaired) electrons. The Morgan fingerprint density at radius 3 is 2.78 bits per heavy atom.